The average Bonchev–Trinajstić information content (AvgIpc) is 2.67. The Bertz CT molecular complexity index is 404. The number of nitrogens with zero attached hydrogens (tertiary/aromatic N) is 4. The van der Waals surface area contributed by atoms with E-state index in [4.69, 9.17) is 5.73 Å². The third kappa shape index (κ3) is 3.71. The standard InChI is InChI=1S/C11H21N5OS/c1-8(2)15(4)10(17)7-18-11-14-13-9(3)16(11)6-5-12/h8H,5-7,12H2,1-4H3. The van der Waals surface area contributed by atoms with Crippen molar-refractivity contribution in [3.05, 3.63) is 5.82 Å². The molecule has 18 heavy (non-hydrogen) atoms. The lowest BCUT2D eigenvalue weighted by Gasteiger charge is -2.21. The third-order valence-corrected chi connectivity index (χ3v) is 3.70. The maximum atomic E-state index is 11.9. The van der Waals surface area contributed by atoms with Gasteiger partial charge in [0, 0.05) is 26.2 Å². The van der Waals surface area contributed by atoms with Gasteiger partial charge in [0.25, 0.3) is 0 Å². The number of nitrogens with two attached hydrogens (primary N) is 1. The van der Waals surface area contributed by atoms with E-state index in [1.807, 2.05) is 32.4 Å². The van der Waals surface area contributed by atoms with Gasteiger partial charge in [-0.2, -0.15) is 0 Å². The molecular weight excluding hydrogens is 250 g/mol. The second-order valence-electron chi connectivity index (χ2n) is 4.36. The van der Waals surface area contributed by atoms with Crippen LogP contribution in [0.3, 0.4) is 0 Å². The second-order valence-corrected chi connectivity index (χ2v) is 5.30. The lowest BCUT2D eigenvalue weighted by molar-refractivity contribution is -0.128. The van der Waals surface area contributed by atoms with Gasteiger partial charge < -0.3 is 15.2 Å². The first-order chi connectivity index (χ1) is 8.47. The number of carbonyl (C=O) groups excluding carboxylic acids is 1. The zero-order valence-electron chi connectivity index (χ0n) is 11.4. The molecule has 0 saturated carbocycles. The van der Waals surface area contributed by atoms with Crippen molar-refractivity contribution in [3.8, 4) is 0 Å². The molecule has 0 aliphatic heterocycles. The van der Waals surface area contributed by atoms with Gasteiger partial charge in [-0.15, -0.1) is 10.2 Å². The molecule has 0 bridgehead atoms. The second kappa shape index (κ2) is 6.75. The van der Waals surface area contributed by atoms with Crippen LogP contribution in [0.4, 0.5) is 0 Å². The molecule has 0 radical (unpaired) electrons. The Balaban J connectivity index is 2.61. The van der Waals surface area contributed by atoms with Crippen molar-refractivity contribution in [1.82, 2.24) is 19.7 Å². The van der Waals surface area contributed by atoms with Crippen LogP contribution in [-0.4, -0.2) is 51.0 Å². The van der Waals surface area contributed by atoms with Crippen LogP contribution in [0.1, 0.15) is 19.7 Å². The Hall–Kier alpha value is -1.08. The molecule has 0 unspecified atom stereocenters. The van der Waals surface area contributed by atoms with Crippen molar-refractivity contribution >= 4 is 17.7 Å². The highest BCUT2D eigenvalue weighted by atomic mass is 32.2. The third-order valence-electron chi connectivity index (χ3n) is 2.75. The van der Waals surface area contributed by atoms with Gasteiger partial charge in [0.05, 0.1) is 5.75 Å². The summed E-state index contributed by atoms with van der Waals surface area (Å²) in [6.07, 6.45) is 0. The molecule has 1 amide bonds. The fourth-order valence-electron chi connectivity index (χ4n) is 1.37. The smallest absolute Gasteiger partial charge is 0.233 e. The van der Waals surface area contributed by atoms with Gasteiger partial charge in [-0.05, 0) is 20.8 Å². The van der Waals surface area contributed by atoms with Crippen molar-refractivity contribution in [2.75, 3.05) is 19.3 Å². The number of amides is 1. The number of hydrogen-bond donors (Lipinski definition) is 1. The largest absolute Gasteiger partial charge is 0.343 e. The molecule has 1 aromatic heterocycles. The van der Waals surface area contributed by atoms with Crippen molar-refractivity contribution in [2.24, 2.45) is 5.73 Å². The topological polar surface area (TPSA) is 77.0 Å². The molecular formula is C11H21N5OS. The molecule has 0 aliphatic carbocycles. The van der Waals surface area contributed by atoms with Gasteiger partial charge in [-0.25, -0.2) is 0 Å². The minimum absolute atomic E-state index is 0.0925. The van der Waals surface area contributed by atoms with E-state index in [9.17, 15) is 4.79 Å². The maximum absolute atomic E-state index is 11.9. The number of hydrogen-bond acceptors (Lipinski definition) is 5. The molecule has 0 fully saturated rings. The highest BCUT2D eigenvalue weighted by Gasteiger charge is 2.15. The Kier molecular flexibility index (Phi) is 5.61. The van der Waals surface area contributed by atoms with Crippen molar-refractivity contribution in [1.29, 1.82) is 0 Å². The van der Waals surface area contributed by atoms with Gasteiger partial charge in [0.2, 0.25) is 5.91 Å². The monoisotopic (exact) mass is 271 g/mol. The van der Waals surface area contributed by atoms with E-state index in [1.54, 1.807) is 4.90 Å². The summed E-state index contributed by atoms with van der Waals surface area (Å²) >= 11 is 1.40. The molecule has 1 aromatic rings. The molecule has 6 nitrogen and oxygen atoms in total. The number of aryl methyl sites for hydroxylation is 1. The van der Waals surface area contributed by atoms with Gasteiger partial charge in [-0.3, -0.25) is 4.79 Å². The fourth-order valence-corrected chi connectivity index (χ4v) is 2.30. The van der Waals surface area contributed by atoms with E-state index in [-0.39, 0.29) is 11.9 Å². The molecule has 7 heteroatoms. The Morgan fingerprint density at radius 1 is 1.50 bits per heavy atom. The Labute approximate surface area is 112 Å². The number of carbonyl (C=O) groups is 1. The normalized spacial score (nSPS) is 11.0. The molecule has 2 N–H and O–H groups in total. The summed E-state index contributed by atoms with van der Waals surface area (Å²) in [6.45, 7) is 7.07. The molecule has 1 heterocycles. The van der Waals surface area contributed by atoms with Crippen LogP contribution in [0.15, 0.2) is 5.16 Å². The number of aromatic nitrogens is 3. The predicted molar refractivity (Wildman–Crippen MR) is 72.4 cm³/mol. The molecule has 0 atom stereocenters. The summed E-state index contributed by atoms with van der Waals surface area (Å²) in [5, 5.41) is 8.82. The first kappa shape index (κ1) is 15.0. The summed E-state index contributed by atoms with van der Waals surface area (Å²) in [4.78, 5) is 13.6. The van der Waals surface area contributed by atoms with E-state index in [2.05, 4.69) is 10.2 Å². The first-order valence-electron chi connectivity index (χ1n) is 5.95. The molecule has 102 valence electrons. The lowest BCUT2D eigenvalue weighted by atomic mass is 10.3. The molecule has 0 aromatic carbocycles. The fraction of sp³-hybridized carbons (Fsp3) is 0.727. The highest BCUT2D eigenvalue weighted by Crippen LogP contribution is 2.17. The first-order valence-corrected chi connectivity index (χ1v) is 6.94. The maximum Gasteiger partial charge on any atom is 0.233 e. The van der Waals surface area contributed by atoms with Gasteiger partial charge in [-0.1, -0.05) is 11.8 Å². The quantitative estimate of drug-likeness (QED) is 0.763. The van der Waals surface area contributed by atoms with E-state index < -0.39 is 0 Å². The lowest BCUT2D eigenvalue weighted by Crippen LogP contribution is -2.34. The van der Waals surface area contributed by atoms with Crippen molar-refractivity contribution in [2.45, 2.75) is 38.5 Å². The van der Waals surface area contributed by atoms with Gasteiger partial charge in [0.15, 0.2) is 5.16 Å². The highest BCUT2D eigenvalue weighted by molar-refractivity contribution is 7.99. The van der Waals surface area contributed by atoms with Crippen LogP contribution in [0, 0.1) is 6.92 Å². The number of rotatable bonds is 6. The Morgan fingerprint density at radius 3 is 2.72 bits per heavy atom. The minimum atomic E-state index is 0.0925. The van der Waals surface area contributed by atoms with Gasteiger partial charge >= 0.3 is 0 Å². The van der Waals surface area contributed by atoms with Crippen LogP contribution in [0.25, 0.3) is 0 Å². The van der Waals surface area contributed by atoms with E-state index in [0.29, 0.717) is 18.8 Å². The van der Waals surface area contributed by atoms with Crippen LogP contribution >= 0.6 is 11.8 Å². The van der Waals surface area contributed by atoms with Crippen molar-refractivity contribution < 1.29 is 4.79 Å². The molecule has 0 aliphatic rings. The van der Waals surface area contributed by atoms with Crippen LogP contribution in [0.5, 0.6) is 0 Å². The van der Waals surface area contributed by atoms with Crippen LogP contribution in [0.2, 0.25) is 0 Å². The predicted octanol–water partition coefficient (Wildman–Crippen LogP) is 0.504. The average molecular weight is 271 g/mol. The summed E-state index contributed by atoms with van der Waals surface area (Å²) in [5.74, 6) is 1.29. The summed E-state index contributed by atoms with van der Waals surface area (Å²) < 4.78 is 1.94. The SMILES string of the molecule is Cc1nnc(SCC(=O)N(C)C(C)C)n1CCN. The number of thioether (sulfide) groups is 1. The molecule has 1 rings (SSSR count). The van der Waals surface area contributed by atoms with E-state index in [0.717, 1.165) is 11.0 Å². The minimum Gasteiger partial charge on any atom is -0.343 e. The summed E-state index contributed by atoms with van der Waals surface area (Å²) in [5.41, 5.74) is 5.54. The van der Waals surface area contributed by atoms with Gasteiger partial charge in [0.1, 0.15) is 5.82 Å². The van der Waals surface area contributed by atoms with Crippen LogP contribution in [-0.2, 0) is 11.3 Å². The zero-order chi connectivity index (χ0) is 13.7. The van der Waals surface area contributed by atoms with E-state index >= 15 is 0 Å². The zero-order valence-corrected chi connectivity index (χ0v) is 12.2. The van der Waals surface area contributed by atoms with Crippen molar-refractivity contribution in [3.63, 3.8) is 0 Å². The van der Waals surface area contributed by atoms with E-state index in [1.165, 1.54) is 11.8 Å². The summed E-state index contributed by atoms with van der Waals surface area (Å²) in [6, 6.07) is 0.210. The molecule has 0 saturated heterocycles. The summed E-state index contributed by atoms with van der Waals surface area (Å²) in [7, 11) is 1.81. The molecule has 0 spiro atoms. The Morgan fingerprint density at radius 2 is 2.17 bits per heavy atom. The van der Waals surface area contributed by atoms with Crippen LogP contribution < -0.4 is 5.73 Å².